The second kappa shape index (κ2) is 4.38. The van der Waals surface area contributed by atoms with Crippen molar-refractivity contribution in [2.24, 2.45) is 5.73 Å². The summed E-state index contributed by atoms with van der Waals surface area (Å²) in [7, 11) is 0. The largest absolute Gasteiger partial charge is 0.338 e. The van der Waals surface area contributed by atoms with E-state index in [0.29, 0.717) is 11.8 Å². The number of H-pyrrole nitrogens is 1. The van der Waals surface area contributed by atoms with Gasteiger partial charge in [-0.3, -0.25) is 5.10 Å². The number of nitrogens with zero attached hydrogens (tertiary/aromatic N) is 3. The standard InChI is InChI=1S/C12H14FN5/c13-9-3-1-8(2-4-9)11-15-12(17-16-11)18-6-5-10(14)7-18/h1-4,10H,5-7,14H2,(H,15,16,17). The highest BCUT2D eigenvalue weighted by molar-refractivity contribution is 5.56. The first-order valence-corrected chi connectivity index (χ1v) is 5.91. The van der Waals surface area contributed by atoms with Crippen molar-refractivity contribution in [3.63, 3.8) is 0 Å². The summed E-state index contributed by atoms with van der Waals surface area (Å²) in [6.07, 6.45) is 0.959. The van der Waals surface area contributed by atoms with Crippen LogP contribution < -0.4 is 10.6 Å². The number of halogens is 1. The predicted molar refractivity (Wildman–Crippen MR) is 66.6 cm³/mol. The average molecular weight is 247 g/mol. The van der Waals surface area contributed by atoms with Crippen molar-refractivity contribution in [2.75, 3.05) is 18.0 Å². The predicted octanol–water partition coefficient (Wildman–Crippen LogP) is 1.15. The summed E-state index contributed by atoms with van der Waals surface area (Å²) in [5.74, 6) is 1.04. The van der Waals surface area contributed by atoms with E-state index in [1.807, 2.05) is 4.90 Å². The van der Waals surface area contributed by atoms with Crippen LogP contribution in [0.15, 0.2) is 24.3 Å². The van der Waals surface area contributed by atoms with Crippen LogP contribution in [0.1, 0.15) is 6.42 Å². The third-order valence-corrected chi connectivity index (χ3v) is 3.10. The minimum atomic E-state index is -0.260. The molecule has 1 unspecified atom stereocenters. The quantitative estimate of drug-likeness (QED) is 0.835. The van der Waals surface area contributed by atoms with Gasteiger partial charge in [-0.15, -0.1) is 5.10 Å². The molecule has 6 heteroatoms. The minimum Gasteiger partial charge on any atom is -0.338 e. The van der Waals surface area contributed by atoms with Gasteiger partial charge in [0.25, 0.3) is 0 Å². The van der Waals surface area contributed by atoms with Crippen molar-refractivity contribution in [3.05, 3.63) is 30.1 Å². The number of hydrogen-bond donors (Lipinski definition) is 2. The van der Waals surface area contributed by atoms with Crippen molar-refractivity contribution in [2.45, 2.75) is 12.5 Å². The Hall–Kier alpha value is -1.95. The summed E-state index contributed by atoms with van der Waals surface area (Å²) in [6.45, 7) is 1.66. The lowest BCUT2D eigenvalue weighted by Crippen LogP contribution is -2.26. The molecule has 0 amide bonds. The summed E-state index contributed by atoms with van der Waals surface area (Å²) in [5, 5.41) is 7.04. The Morgan fingerprint density at radius 1 is 1.33 bits per heavy atom. The van der Waals surface area contributed by atoms with E-state index in [9.17, 15) is 4.39 Å². The third-order valence-electron chi connectivity index (χ3n) is 3.10. The molecule has 0 spiro atoms. The summed E-state index contributed by atoms with van der Waals surface area (Å²) in [6, 6.07) is 6.36. The third kappa shape index (κ3) is 2.06. The number of rotatable bonds is 2. The number of anilines is 1. The molecular formula is C12H14FN5. The first kappa shape index (κ1) is 11.2. The fourth-order valence-corrected chi connectivity index (χ4v) is 2.10. The molecule has 1 aliphatic heterocycles. The minimum absolute atomic E-state index is 0.192. The van der Waals surface area contributed by atoms with Gasteiger partial charge in [0.1, 0.15) is 5.82 Å². The molecule has 5 nitrogen and oxygen atoms in total. The van der Waals surface area contributed by atoms with Gasteiger partial charge in [-0.1, -0.05) is 0 Å². The van der Waals surface area contributed by atoms with Gasteiger partial charge in [0.05, 0.1) is 0 Å². The van der Waals surface area contributed by atoms with Crippen LogP contribution in [0.5, 0.6) is 0 Å². The smallest absolute Gasteiger partial charge is 0.245 e. The summed E-state index contributed by atoms with van der Waals surface area (Å²) in [5.41, 5.74) is 6.67. The van der Waals surface area contributed by atoms with Crippen LogP contribution in [0, 0.1) is 5.82 Å². The van der Waals surface area contributed by atoms with Crippen LogP contribution in [0.2, 0.25) is 0 Å². The fourth-order valence-electron chi connectivity index (χ4n) is 2.10. The van der Waals surface area contributed by atoms with Gasteiger partial charge in [0, 0.05) is 24.7 Å². The summed E-state index contributed by atoms with van der Waals surface area (Å²) >= 11 is 0. The van der Waals surface area contributed by atoms with E-state index in [4.69, 9.17) is 5.73 Å². The molecule has 1 aromatic carbocycles. The fraction of sp³-hybridized carbons (Fsp3) is 0.333. The lowest BCUT2D eigenvalue weighted by molar-refractivity contribution is 0.628. The number of benzene rings is 1. The molecule has 94 valence electrons. The molecule has 1 aromatic heterocycles. The summed E-state index contributed by atoms with van der Waals surface area (Å²) in [4.78, 5) is 6.46. The van der Waals surface area contributed by atoms with Crippen LogP contribution >= 0.6 is 0 Å². The van der Waals surface area contributed by atoms with Crippen LogP contribution in [0.3, 0.4) is 0 Å². The van der Waals surface area contributed by atoms with E-state index in [-0.39, 0.29) is 11.9 Å². The zero-order chi connectivity index (χ0) is 12.5. The second-order valence-corrected chi connectivity index (χ2v) is 4.49. The van der Waals surface area contributed by atoms with Crippen molar-refractivity contribution in [1.29, 1.82) is 0 Å². The van der Waals surface area contributed by atoms with E-state index in [1.54, 1.807) is 12.1 Å². The average Bonchev–Trinajstić information content (AvgIpc) is 2.98. The number of nitrogens with one attached hydrogen (secondary N) is 1. The molecule has 0 radical (unpaired) electrons. The Morgan fingerprint density at radius 2 is 2.11 bits per heavy atom. The first-order chi connectivity index (χ1) is 8.72. The van der Waals surface area contributed by atoms with Crippen molar-refractivity contribution >= 4 is 5.95 Å². The van der Waals surface area contributed by atoms with Gasteiger partial charge in [-0.2, -0.15) is 4.98 Å². The molecule has 3 rings (SSSR count). The molecule has 1 aliphatic rings. The van der Waals surface area contributed by atoms with Crippen LogP contribution in [0.25, 0.3) is 11.4 Å². The molecule has 2 aromatic rings. The van der Waals surface area contributed by atoms with Gasteiger partial charge >= 0.3 is 0 Å². The normalized spacial score (nSPS) is 19.4. The molecule has 1 fully saturated rings. The van der Waals surface area contributed by atoms with E-state index in [1.165, 1.54) is 12.1 Å². The monoisotopic (exact) mass is 247 g/mol. The lowest BCUT2D eigenvalue weighted by atomic mass is 10.2. The van der Waals surface area contributed by atoms with Crippen LogP contribution in [-0.4, -0.2) is 34.3 Å². The highest BCUT2D eigenvalue weighted by atomic mass is 19.1. The number of aromatic amines is 1. The topological polar surface area (TPSA) is 70.8 Å². The van der Waals surface area contributed by atoms with Crippen molar-refractivity contribution in [1.82, 2.24) is 15.2 Å². The van der Waals surface area contributed by atoms with Gasteiger partial charge in [0.2, 0.25) is 5.95 Å². The molecule has 2 heterocycles. The van der Waals surface area contributed by atoms with E-state index >= 15 is 0 Å². The Bertz CT molecular complexity index is 536. The first-order valence-electron chi connectivity index (χ1n) is 5.91. The maximum Gasteiger partial charge on any atom is 0.245 e. The van der Waals surface area contributed by atoms with Crippen molar-refractivity contribution < 1.29 is 4.39 Å². The van der Waals surface area contributed by atoms with Gasteiger partial charge in [-0.25, -0.2) is 4.39 Å². The molecule has 0 saturated carbocycles. The molecule has 0 aliphatic carbocycles. The zero-order valence-electron chi connectivity index (χ0n) is 9.81. The number of nitrogens with two attached hydrogens (primary N) is 1. The Labute approximate surface area is 104 Å². The Balaban J connectivity index is 1.83. The Morgan fingerprint density at radius 3 is 2.78 bits per heavy atom. The number of hydrogen-bond acceptors (Lipinski definition) is 4. The molecule has 1 saturated heterocycles. The molecule has 3 N–H and O–H groups in total. The van der Waals surface area contributed by atoms with Gasteiger partial charge in [-0.05, 0) is 30.7 Å². The summed E-state index contributed by atoms with van der Waals surface area (Å²) < 4.78 is 12.8. The SMILES string of the molecule is NC1CCN(c2n[nH]c(-c3ccc(F)cc3)n2)C1. The second-order valence-electron chi connectivity index (χ2n) is 4.49. The van der Waals surface area contributed by atoms with E-state index in [2.05, 4.69) is 15.2 Å². The molecule has 18 heavy (non-hydrogen) atoms. The van der Waals surface area contributed by atoms with Gasteiger partial charge < -0.3 is 10.6 Å². The Kier molecular flexibility index (Phi) is 2.71. The van der Waals surface area contributed by atoms with Crippen LogP contribution in [-0.2, 0) is 0 Å². The maximum absolute atomic E-state index is 12.8. The van der Waals surface area contributed by atoms with E-state index in [0.717, 1.165) is 25.1 Å². The van der Waals surface area contributed by atoms with Crippen LogP contribution in [0.4, 0.5) is 10.3 Å². The van der Waals surface area contributed by atoms with Crippen molar-refractivity contribution in [3.8, 4) is 11.4 Å². The molecular weight excluding hydrogens is 233 g/mol. The zero-order valence-corrected chi connectivity index (χ0v) is 9.81. The van der Waals surface area contributed by atoms with Gasteiger partial charge in [0.15, 0.2) is 5.82 Å². The number of aromatic nitrogens is 3. The lowest BCUT2D eigenvalue weighted by Gasteiger charge is -2.11. The maximum atomic E-state index is 12.8. The highest BCUT2D eigenvalue weighted by Crippen LogP contribution is 2.20. The molecule has 1 atom stereocenters. The van der Waals surface area contributed by atoms with E-state index < -0.39 is 0 Å². The highest BCUT2D eigenvalue weighted by Gasteiger charge is 2.22. The molecule has 0 bridgehead atoms.